The van der Waals surface area contributed by atoms with E-state index in [9.17, 15) is 0 Å². The molecule has 0 N–H and O–H groups in total. The second kappa shape index (κ2) is 6.89. The molecule has 1 fully saturated rings. The molecule has 0 spiro atoms. The van der Waals surface area contributed by atoms with Crippen molar-refractivity contribution < 1.29 is 0 Å². The normalized spacial score (nSPS) is 14.5. The van der Waals surface area contributed by atoms with E-state index in [4.69, 9.17) is 20.2 Å². The first-order valence-corrected chi connectivity index (χ1v) is 11.2. The standard InChI is InChI=1S/C24H30N6/c1-7-17(8-2)19-11-13(3)27-29-21(15(5)25-23(19)29)22-16(6)26-24-20(18-9-10-18)12-14(4)28-30(22)24/h11-12,17-18H,7-10H2,1-6H3. The lowest BCUT2D eigenvalue weighted by atomic mass is 9.95. The lowest BCUT2D eigenvalue weighted by Crippen LogP contribution is -2.07. The average Bonchev–Trinajstić information content (AvgIpc) is 3.43. The summed E-state index contributed by atoms with van der Waals surface area (Å²) < 4.78 is 4.07. The van der Waals surface area contributed by atoms with Gasteiger partial charge in [-0.05, 0) is 77.3 Å². The highest BCUT2D eigenvalue weighted by Gasteiger charge is 2.30. The van der Waals surface area contributed by atoms with E-state index in [1.54, 1.807) is 0 Å². The Hall–Kier alpha value is -2.76. The minimum absolute atomic E-state index is 0.481. The molecule has 4 aromatic rings. The van der Waals surface area contributed by atoms with Crippen LogP contribution < -0.4 is 0 Å². The van der Waals surface area contributed by atoms with Gasteiger partial charge in [-0.1, -0.05) is 13.8 Å². The van der Waals surface area contributed by atoms with Crippen molar-refractivity contribution in [3.8, 4) is 11.4 Å². The lowest BCUT2D eigenvalue weighted by Gasteiger charge is -2.14. The second-order valence-corrected chi connectivity index (χ2v) is 8.83. The van der Waals surface area contributed by atoms with Gasteiger partial charge in [0.1, 0.15) is 11.4 Å². The molecule has 0 unspecified atom stereocenters. The van der Waals surface area contributed by atoms with Gasteiger partial charge in [0.2, 0.25) is 0 Å². The fraction of sp³-hybridized carbons (Fsp3) is 0.500. The largest absolute Gasteiger partial charge is 0.231 e. The summed E-state index contributed by atoms with van der Waals surface area (Å²) in [5.41, 5.74) is 10.6. The van der Waals surface area contributed by atoms with Gasteiger partial charge in [-0.2, -0.15) is 10.2 Å². The fourth-order valence-corrected chi connectivity index (χ4v) is 4.82. The van der Waals surface area contributed by atoms with Crippen LogP contribution in [0.1, 0.15) is 85.3 Å². The SMILES string of the molecule is CCC(CC)c1cc(C)nn2c(-c3c(C)nc4c(C5CC5)cc(C)nn34)c(C)nc12. The van der Waals surface area contributed by atoms with Gasteiger partial charge in [-0.15, -0.1) is 0 Å². The van der Waals surface area contributed by atoms with Gasteiger partial charge in [0.15, 0.2) is 11.3 Å². The van der Waals surface area contributed by atoms with Crippen LogP contribution in [0.3, 0.4) is 0 Å². The number of imidazole rings is 2. The van der Waals surface area contributed by atoms with E-state index < -0.39 is 0 Å². The summed E-state index contributed by atoms with van der Waals surface area (Å²) in [6.45, 7) is 12.8. The van der Waals surface area contributed by atoms with E-state index in [2.05, 4.69) is 53.7 Å². The summed E-state index contributed by atoms with van der Waals surface area (Å²) in [7, 11) is 0. The maximum atomic E-state index is 5.00. The first-order chi connectivity index (χ1) is 14.4. The van der Waals surface area contributed by atoms with Crippen LogP contribution in [0.2, 0.25) is 0 Å². The lowest BCUT2D eigenvalue weighted by molar-refractivity contribution is 0.638. The van der Waals surface area contributed by atoms with Gasteiger partial charge in [0.05, 0.1) is 22.8 Å². The Morgan fingerprint density at radius 3 is 1.93 bits per heavy atom. The van der Waals surface area contributed by atoms with Crippen LogP contribution in [0.15, 0.2) is 12.1 Å². The maximum absolute atomic E-state index is 5.00. The van der Waals surface area contributed by atoms with Crippen molar-refractivity contribution in [1.82, 2.24) is 29.2 Å². The summed E-state index contributed by atoms with van der Waals surface area (Å²) in [6, 6.07) is 4.41. The van der Waals surface area contributed by atoms with E-state index in [1.807, 2.05) is 9.03 Å². The van der Waals surface area contributed by atoms with E-state index >= 15 is 0 Å². The van der Waals surface area contributed by atoms with Crippen molar-refractivity contribution in [2.45, 2.75) is 79.1 Å². The van der Waals surface area contributed by atoms with Crippen LogP contribution in [-0.2, 0) is 0 Å². The monoisotopic (exact) mass is 402 g/mol. The topological polar surface area (TPSA) is 60.4 Å². The Morgan fingerprint density at radius 2 is 1.37 bits per heavy atom. The van der Waals surface area contributed by atoms with Crippen LogP contribution in [0, 0.1) is 27.7 Å². The number of hydrogen-bond donors (Lipinski definition) is 0. The zero-order chi connectivity index (χ0) is 21.2. The zero-order valence-electron chi connectivity index (χ0n) is 18.8. The number of rotatable bonds is 5. The van der Waals surface area contributed by atoms with Crippen molar-refractivity contribution in [3.05, 3.63) is 46.0 Å². The zero-order valence-corrected chi connectivity index (χ0v) is 18.8. The van der Waals surface area contributed by atoms with E-state index in [-0.39, 0.29) is 0 Å². The highest BCUT2D eigenvalue weighted by Crippen LogP contribution is 2.43. The third kappa shape index (κ3) is 2.84. The predicted octanol–water partition coefficient (Wildman–Crippen LogP) is 5.45. The van der Waals surface area contributed by atoms with Gasteiger partial charge >= 0.3 is 0 Å². The Labute approximate surface area is 177 Å². The van der Waals surface area contributed by atoms with Gasteiger partial charge < -0.3 is 0 Å². The molecular weight excluding hydrogens is 372 g/mol. The van der Waals surface area contributed by atoms with Crippen molar-refractivity contribution in [2.24, 2.45) is 0 Å². The molecule has 4 aromatic heterocycles. The van der Waals surface area contributed by atoms with Gasteiger partial charge in [0.25, 0.3) is 0 Å². The molecule has 1 aliphatic carbocycles. The predicted molar refractivity (Wildman–Crippen MR) is 119 cm³/mol. The molecule has 0 aliphatic heterocycles. The molecule has 1 saturated carbocycles. The number of fused-ring (bicyclic) bond motifs is 2. The van der Waals surface area contributed by atoms with Gasteiger partial charge in [-0.25, -0.2) is 19.0 Å². The second-order valence-electron chi connectivity index (χ2n) is 8.83. The van der Waals surface area contributed by atoms with E-state index in [0.717, 1.165) is 58.3 Å². The molecule has 0 radical (unpaired) electrons. The first-order valence-electron chi connectivity index (χ1n) is 11.2. The third-order valence-corrected chi connectivity index (χ3v) is 6.49. The summed E-state index contributed by atoms with van der Waals surface area (Å²) in [5, 5.41) is 9.76. The van der Waals surface area contributed by atoms with Gasteiger partial charge in [-0.3, -0.25) is 0 Å². The molecule has 5 rings (SSSR count). The molecule has 1 aliphatic rings. The minimum atomic E-state index is 0.481. The fourth-order valence-electron chi connectivity index (χ4n) is 4.82. The third-order valence-electron chi connectivity index (χ3n) is 6.49. The van der Waals surface area contributed by atoms with Gasteiger partial charge in [0, 0.05) is 11.1 Å². The minimum Gasteiger partial charge on any atom is -0.231 e. The maximum Gasteiger partial charge on any atom is 0.158 e. The highest BCUT2D eigenvalue weighted by atomic mass is 15.3. The number of hydrogen-bond acceptors (Lipinski definition) is 4. The summed E-state index contributed by atoms with van der Waals surface area (Å²) in [4.78, 5) is 9.96. The van der Waals surface area contributed by atoms with Crippen molar-refractivity contribution in [3.63, 3.8) is 0 Å². The molecule has 156 valence electrons. The number of nitrogens with zero attached hydrogens (tertiary/aromatic N) is 6. The summed E-state index contributed by atoms with van der Waals surface area (Å²) >= 11 is 0. The molecule has 0 aromatic carbocycles. The van der Waals surface area contributed by atoms with Crippen LogP contribution in [0.4, 0.5) is 0 Å². The number of aromatic nitrogens is 6. The molecule has 0 atom stereocenters. The number of aryl methyl sites for hydroxylation is 4. The summed E-state index contributed by atoms with van der Waals surface area (Å²) in [5.74, 6) is 1.10. The van der Waals surface area contributed by atoms with Crippen LogP contribution in [-0.4, -0.2) is 29.2 Å². The van der Waals surface area contributed by atoms with Crippen LogP contribution in [0.25, 0.3) is 22.7 Å². The smallest absolute Gasteiger partial charge is 0.158 e. The molecule has 30 heavy (non-hydrogen) atoms. The molecular formula is C24H30N6. The summed E-state index contributed by atoms with van der Waals surface area (Å²) in [6.07, 6.45) is 4.68. The Morgan fingerprint density at radius 1 is 0.833 bits per heavy atom. The highest BCUT2D eigenvalue weighted by molar-refractivity contribution is 5.71. The average molecular weight is 403 g/mol. The molecule has 4 heterocycles. The molecule has 6 nitrogen and oxygen atoms in total. The molecule has 6 heteroatoms. The van der Waals surface area contributed by atoms with E-state index in [1.165, 1.54) is 24.0 Å². The van der Waals surface area contributed by atoms with Crippen LogP contribution >= 0.6 is 0 Å². The van der Waals surface area contributed by atoms with Crippen molar-refractivity contribution in [1.29, 1.82) is 0 Å². The Kier molecular flexibility index (Phi) is 4.42. The quantitative estimate of drug-likeness (QED) is 0.445. The first kappa shape index (κ1) is 19.2. The van der Waals surface area contributed by atoms with Crippen LogP contribution in [0.5, 0.6) is 0 Å². The Balaban J connectivity index is 1.83. The van der Waals surface area contributed by atoms with Crippen molar-refractivity contribution in [2.75, 3.05) is 0 Å². The van der Waals surface area contributed by atoms with E-state index in [0.29, 0.717) is 11.8 Å². The van der Waals surface area contributed by atoms with Crippen molar-refractivity contribution >= 4 is 11.3 Å². The molecule has 0 saturated heterocycles. The molecule has 0 amide bonds. The molecule has 0 bridgehead atoms. The Bertz CT molecular complexity index is 1270.